The summed E-state index contributed by atoms with van der Waals surface area (Å²) in [5, 5.41) is 4.42. The van der Waals surface area contributed by atoms with Crippen molar-refractivity contribution in [2.45, 2.75) is 81.1 Å². The molecule has 5 heteroatoms. The summed E-state index contributed by atoms with van der Waals surface area (Å²) in [5.74, 6) is 0.0816. The molecule has 0 aromatic carbocycles. The molecule has 0 bridgehead atoms. The van der Waals surface area contributed by atoms with Gasteiger partial charge in [-0.1, -0.05) is 37.4 Å². The van der Waals surface area contributed by atoms with Crippen LogP contribution in [0.3, 0.4) is 0 Å². The van der Waals surface area contributed by atoms with E-state index in [0.717, 1.165) is 30.9 Å². The molecule has 0 atom stereocenters. The lowest BCUT2D eigenvalue weighted by molar-refractivity contribution is -0.121. The van der Waals surface area contributed by atoms with Gasteiger partial charge in [0.15, 0.2) is 5.17 Å². The average molecular weight is 310 g/mol. The predicted molar refractivity (Wildman–Crippen MR) is 86.7 cm³/mol. The molecule has 3 aliphatic rings. The third-order valence-electron chi connectivity index (χ3n) is 5.14. The normalized spacial score (nSPS) is 34.8. The molecule has 1 aliphatic heterocycles. The fraction of sp³-hybridized carbons (Fsp3) is 0.875. The molecule has 0 radical (unpaired) electrons. The second-order valence-electron chi connectivity index (χ2n) is 6.59. The quantitative estimate of drug-likeness (QED) is 0.795. The van der Waals surface area contributed by atoms with Crippen molar-refractivity contribution in [2.75, 3.05) is 7.11 Å². The van der Waals surface area contributed by atoms with Gasteiger partial charge in [0.2, 0.25) is 0 Å². The minimum Gasteiger partial charge on any atom is -0.381 e. The van der Waals surface area contributed by atoms with E-state index in [4.69, 9.17) is 4.74 Å². The van der Waals surface area contributed by atoms with E-state index >= 15 is 0 Å². The van der Waals surface area contributed by atoms with Crippen LogP contribution in [0.2, 0.25) is 0 Å². The van der Waals surface area contributed by atoms with Gasteiger partial charge in [0.1, 0.15) is 4.75 Å². The minimum absolute atomic E-state index is 0.0816. The highest BCUT2D eigenvalue weighted by Gasteiger charge is 2.47. The van der Waals surface area contributed by atoms with Crippen molar-refractivity contribution >= 4 is 22.8 Å². The first kappa shape index (κ1) is 15.3. The van der Waals surface area contributed by atoms with E-state index in [9.17, 15) is 4.79 Å². The predicted octanol–water partition coefficient (Wildman–Crippen LogP) is 3.26. The molecule has 2 fully saturated rings. The summed E-state index contributed by atoms with van der Waals surface area (Å²) < 4.78 is 5.13. The first-order chi connectivity index (χ1) is 10.2. The van der Waals surface area contributed by atoms with E-state index in [-0.39, 0.29) is 10.7 Å². The Morgan fingerprint density at radius 1 is 1.14 bits per heavy atom. The second kappa shape index (κ2) is 6.69. The van der Waals surface area contributed by atoms with Gasteiger partial charge in [-0.25, -0.2) is 0 Å². The highest BCUT2D eigenvalue weighted by molar-refractivity contribution is 8.16. The van der Waals surface area contributed by atoms with E-state index in [0.29, 0.717) is 12.1 Å². The monoisotopic (exact) mass is 310 g/mol. The molecule has 0 unspecified atom stereocenters. The van der Waals surface area contributed by atoms with E-state index in [2.05, 4.69) is 10.3 Å². The zero-order valence-corrected chi connectivity index (χ0v) is 13.7. The van der Waals surface area contributed by atoms with Crippen molar-refractivity contribution in [2.24, 2.45) is 4.99 Å². The van der Waals surface area contributed by atoms with Crippen molar-refractivity contribution < 1.29 is 9.53 Å². The van der Waals surface area contributed by atoms with Gasteiger partial charge in [-0.05, 0) is 38.5 Å². The largest absolute Gasteiger partial charge is 0.381 e. The van der Waals surface area contributed by atoms with Crippen LogP contribution in [0.15, 0.2) is 4.99 Å². The van der Waals surface area contributed by atoms with E-state index in [1.165, 1.54) is 38.5 Å². The standard InChI is InChI=1S/C16H26N2O2S/c1-20-13-8-10-16(11-9-13)14(19)18-15(21-16)17-12-6-4-2-3-5-7-12/h12-13H,2-11H2,1H3,(H,17,18,19). The first-order valence-electron chi connectivity index (χ1n) is 8.33. The number of ether oxygens (including phenoxy) is 1. The Bertz CT molecular complexity index is 409. The van der Waals surface area contributed by atoms with Gasteiger partial charge < -0.3 is 10.1 Å². The smallest absolute Gasteiger partial charge is 0.264 e. The maximum atomic E-state index is 12.4. The average Bonchev–Trinajstić information content (AvgIpc) is 2.68. The number of hydrogen-bond acceptors (Lipinski definition) is 4. The van der Waals surface area contributed by atoms with Crippen LogP contribution in [0.4, 0.5) is 0 Å². The summed E-state index contributed by atoms with van der Waals surface area (Å²) in [6.45, 7) is 0. The zero-order chi connectivity index (χ0) is 14.7. The molecule has 2 aliphatic carbocycles. The van der Waals surface area contributed by atoms with Gasteiger partial charge >= 0.3 is 0 Å². The number of methoxy groups -OCH3 is 1. The lowest BCUT2D eigenvalue weighted by Crippen LogP contribution is -2.39. The van der Waals surface area contributed by atoms with Crippen LogP contribution in [-0.4, -0.2) is 35.1 Å². The van der Waals surface area contributed by atoms with Crippen molar-refractivity contribution in [1.29, 1.82) is 0 Å². The Labute approximate surface area is 131 Å². The third-order valence-corrected chi connectivity index (χ3v) is 6.52. The highest BCUT2D eigenvalue weighted by atomic mass is 32.2. The number of rotatable bonds is 2. The molecule has 1 amide bonds. The van der Waals surface area contributed by atoms with Crippen molar-refractivity contribution in [1.82, 2.24) is 5.32 Å². The van der Waals surface area contributed by atoms with Crippen LogP contribution in [0, 0.1) is 0 Å². The molecule has 0 aromatic heterocycles. The molecule has 1 spiro atoms. The van der Waals surface area contributed by atoms with Gasteiger partial charge in [0, 0.05) is 13.2 Å². The Hall–Kier alpha value is -0.550. The number of carbonyl (C=O) groups excluding carboxylic acids is 1. The van der Waals surface area contributed by atoms with E-state index < -0.39 is 0 Å². The lowest BCUT2D eigenvalue weighted by Gasteiger charge is -2.33. The van der Waals surface area contributed by atoms with Gasteiger partial charge in [-0.3, -0.25) is 4.79 Å². The summed E-state index contributed by atoms with van der Waals surface area (Å²) >= 11 is 1.69. The fourth-order valence-corrected chi connectivity index (χ4v) is 5.01. The van der Waals surface area contributed by atoms with Gasteiger partial charge in [-0.15, -0.1) is 0 Å². The molecule has 21 heavy (non-hydrogen) atoms. The topological polar surface area (TPSA) is 50.7 Å². The Morgan fingerprint density at radius 2 is 1.81 bits per heavy atom. The Morgan fingerprint density at radius 3 is 2.43 bits per heavy atom. The highest BCUT2D eigenvalue weighted by Crippen LogP contribution is 2.45. The first-order valence-corrected chi connectivity index (χ1v) is 9.15. The molecular weight excluding hydrogens is 284 g/mol. The third kappa shape index (κ3) is 3.45. The van der Waals surface area contributed by atoms with Crippen LogP contribution in [0.5, 0.6) is 0 Å². The summed E-state index contributed by atoms with van der Waals surface area (Å²) in [7, 11) is 1.77. The van der Waals surface area contributed by atoms with Crippen LogP contribution >= 0.6 is 11.8 Å². The number of hydrogen-bond donors (Lipinski definition) is 1. The fourth-order valence-electron chi connectivity index (χ4n) is 3.71. The van der Waals surface area contributed by atoms with Crippen molar-refractivity contribution in [3.05, 3.63) is 0 Å². The number of thioether (sulfide) groups is 1. The number of aliphatic imine (C=N–C) groups is 1. The Kier molecular flexibility index (Phi) is 4.89. The molecule has 2 saturated carbocycles. The lowest BCUT2D eigenvalue weighted by atomic mass is 9.86. The minimum atomic E-state index is -0.290. The molecule has 3 rings (SSSR count). The number of carbonyl (C=O) groups is 1. The summed E-state index contributed by atoms with van der Waals surface area (Å²) in [4.78, 5) is 16.7. The molecule has 1 heterocycles. The SMILES string of the molecule is COC1CCC2(CC1)SC(NC1CCCCCC1)=NC2=O. The molecule has 0 saturated heterocycles. The zero-order valence-electron chi connectivity index (χ0n) is 12.9. The molecule has 1 N–H and O–H groups in total. The Balaban J connectivity index is 1.57. The van der Waals surface area contributed by atoms with Crippen molar-refractivity contribution in [3.63, 3.8) is 0 Å². The van der Waals surface area contributed by atoms with Crippen LogP contribution in [-0.2, 0) is 9.53 Å². The van der Waals surface area contributed by atoms with E-state index in [1.54, 1.807) is 18.9 Å². The van der Waals surface area contributed by atoms with Gasteiger partial charge in [-0.2, -0.15) is 4.99 Å². The molecule has 118 valence electrons. The maximum absolute atomic E-state index is 12.4. The maximum Gasteiger partial charge on any atom is 0.264 e. The van der Waals surface area contributed by atoms with Gasteiger partial charge in [0.05, 0.1) is 6.10 Å². The summed E-state index contributed by atoms with van der Waals surface area (Å²) in [6.07, 6.45) is 11.8. The second-order valence-corrected chi connectivity index (χ2v) is 7.96. The van der Waals surface area contributed by atoms with E-state index in [1.807, 2.05) is 0 Å². The number of nitrogens with one attached hydrogen (secondary N) is 1. The van der Waals surface area contributed by atoms with Gasteiger partial charge in [0.25, 0.3) is 5.91 Å². The summed E-state index contributed by atoms with van der Waals surface area (Å²) in [6, 6.07) is 0.511. The van der Waals surface area contributed by atoms with Crippen LogP contribution in [0.25, 0.3) is 0 Å². The van der Waals surface area contributed by atoms with Crippen LogP contribution < -0.4 is 5.32 Å². The number of amidine groups is 1. The molecule has 0 aromatic rings. The van der Waals surface area contributed by atoms with Crippen molar-refractivity contribution in [3.8, 4) is 0 Å². The molecule has 4 nitrogen and oxygen atoms in total. The number of nitrogens with zero attached hydrogens (tertiary/aromatic N) is 1. The number of amides is 1. The summed E-state index contributed by atoms with van der Waals surface area (Å²) in [5.41, 5.74) is 0. The van der Waals surface area contributed by atoms with Crippen LogP contribution in [0.1, 0.15) is 64.2 Å². The molecular formula is C16H26N2O2S.